The molecule has 0 spiro atoms. The molecular weight excluding hydrogens is 297 g/mol. The van der Waals surface area contributed by atoms with Crippen LogP contribution in [0.2, 0.25) is 0 Å². The molecule has 7 heteroatoms. The van der Waals surface area contributed by atoms with Crippen LogP contribution < -0.4 is 0 Å². The molecule has 0 saturated heterocycles. The summed E-state index contributed by atoms with van der Waals surface area (Å²) in [5.41, 5.74) is 0. The van der Waals surface area contributed by atoms with Crippen molar-refractivity contribution in [1.82, 2.24) is 0 Å². The predicted molar refractivity (Wildman–Crippen MR) is 38.9 cm³/mol. The molecule has 0 aromatic carbocycles. The van der Waals surface area contributed by atoms with Gasteiger partial charge in [0.1, 0.15) is 0 Å². The van der Waals surface area contributed by atoms with E-state index in [0.29, 0.717) is 6.08 Å². The Balaban J connectivity index is 0. The SMILES string of the molecule is C=CC(C(=O)O)S(=O)(=O)O.[Ba+2]. The maximum atomic E-state index is 10.1. The van der Waals surface area contributed by atoms with Gasteiger partial charge in [-0.2, -0.15) is 8.42 Å². The van der Waals surface area contributed by atoms with E-state index >= 15 is 0 Å². The normalized spacial score (nSPS) is 12.8. The van der Waals surface area contributed by atoms with E-state index in [2.05, 4.69) is 6.58 Å². The number of carboxylic acid groups (broad SMARTS) is 1. The molecule has 0 heterocycles. The van der Waals surface area contributed by atoms with Gasteiger partial charge in [-0.15, -0.1) is 6.58 Å². The van der Waals surface area contributed by atoms with Crippen LogP contribution in [0, 0.1) is 0 Å². The van der Waals surface area contributed by atoms with Gasteiger partial charge in [-0.25, -0.2) is 0 Å². The van der Waals surface area contributed by atoms with Gasteiger partial charge in [0.05, 0.1) is 0 Å². The van der Waals surface area contributed by atoms with Crippen LogP contribution in [-0.4, -0.2) is 78.2 Å². The predicted octanol–water partition coefficient (Wildman–Crippen LogP) is -0.867. The molecule has 11 heavy (non-hydrogen) atoms. The Labute approximate surface area is 104 Å². The summed E-state index contributed by atoms with van der Waals surface area (Å²) in [6.07, 6.45) is 0.637. The number of hydrogen-bond acceptors (Lipinski definition) is 3. The van der Waals surface area contributed by atoms with E-state index in [9.17, 15) is 13.2 Å². The fourth-order valence-electron chi connectivity index (χ4n) is 0.350. The molecule has 0 bridgehead atoms. The fraction of sp³-hybridized carbons (Fsp3) is 0.250. The molecule has 5 nitrogen and oxygen atoms in total. The van der Waals surface area contributed by atoms with Gasteiger partial charge in [-0.3, -0.25) is 9.35 Å². The van der Waals surface area contributed by atoms with Crippen molar-refractivity contribution in [3.8, 4) is 0 Å². The van der Waals surface area contributed by atoms with Crippen molar-refractivity contribution in [3.63, 3.8) is 0 Å². The third-order valence-corrected chi connectivity index (χ3v) is 1.81. The van der Waals surface area contributed by atoms with Crippen molar-refractivity contribution in [2.45, 2.75) is 5.25 Å². The zero-order valence-corrected chi connectivity index (χ0v) is 10.9. The van der Waals surface area contributed by atoms with Gasteiger partial charge >= 0.3 is 54.9 Å². The molecular formula is C4H6BaO5S+2. The topological polar surface area (TPSA) is 91.7 Å². The second-order valence-electron chi connectivity index (χ2n) is 1.51. The van der Waals surface area contributed by atoms with Crippen LogP contribution in [0.25, 0.3) is 0 Å². The van der Waals surface area contributed by atoms with Crippen LogP contribution in [0.1, 0.15) is 0 Å². The summed E-state index contributed by atoms with van der Waals surface area (Å²) >= 11 is 0. The molecule has 0 radical (unpaired) electrons. The van der Waals surface area contributed by atoms with E-state index in [-0.39, 0.29) is 48.9 Å². The first-order chi connectivity index (χ1) is 4.39. The Kier molecular flexibility index (Phi) is 6.93. The minimum Gasteiger partial charge on any atom is -0.480 e. The van der Waals surface area contributed by atoms with Crippen LogP contribution in [0.5, 0.6) is 0 Å². The van der Waals surface area contributed by atoms with Crippen LogP contribution in [-0.2, 0) is 14.9 Å². The maximum Gasteiger partial charge on any atom is 2.00 e. The molecule has 58 valence electrons. The second kappa shape index (κ2) is 5.36. The van der Waals surface area contributed by atoms with Gasteiger partial charge in [-0.1, -0.05) is 6.08 Å². The standard InChI is InChI=1S/C4H6O5S.Ba/c1-2-3(4(5)6)10(7,8)9;/h2-3H,1H2,(H,5,6)(H,7,8,9);/q;+2. The van der Waals surface area contributed by atoms with E-state index in [1.165, 1.54) is 0 Å². The van der Waals surface area contributed by atoms with E-state index < -0.39 is 21.3 Å². The van der Waals surface area contributed by atoms with Crippen LogP contribution >= 0.6 is 0 Å². The summed E-state index contributed by atoms with van der Waals surface area (Å²) in [4.78, 5) is 9.97. The van der Waals surface area contributed by atoms with Crippen LogP contribution in [0.3, 0.4) is 0 Å². The molecule has 1 atom stereocenters. The molecule has 2 N–H and O–H groups in total. The summed E-state index contributed by atoms with van der Waals surface area (Å²) in [7, 11) is -4.53. The Morgan fingerprint density at radius 3 is 1.91 bits per heavy atom. The average molecular weight is 303 g/mol. The first-order valence-electron chi connectivity index (χ1n) is 2.21. The minimum atomic E-state index is -4.53. The summed E-state index contributed by atoms with van der Waals surface area (Å²) in [5, 5.41) is 6.17. The largest absolute Gasteiger partial charge is 2.00 e. The average Bonchev–Trinajstić information content (AvgIpc) is 1.60. The zero-order chi connectivity index (χ0) is 8.36. The molecule has 0 aliphatic heterocycles. The Bertz CT molecular complexity index is 243. The van der Waals surface area contributed by atoms with Gasteiger partial charge < -0.3 is 5.11 Å². The van der Waals surface area contributed by atoms with Crippen LogP contribution in [0.4, 0.5) is 0 Å². The second-order valence-corrected chi connectivity index (χ2v) is 3.05. The van der Waals surface area contributed by atoms with Crippen molar-refractivity contribution in [2.24, 2.45) is 0 Å². The number of carboxylic acids is 1. The van der Waals surface area contributed by atoms with Gasteiger partial charge in [0.2, 0.25) is 5.25 Å². The summed E-state index contributed by atoms with van der Waals surface area (Å²) < 4.78 is 28.4. The number of hydrogen-bond donors (Lipinski definition) is 2. The molecule has 0 aliphatic carbocycles. The quantitative estimate of drug-likeness (QED) is 0.402. The first-order valence-corrected chi connectivity index (χ1v) is 3.71. The number of aliphatic carboxylic acids is 1. The van der Waals surface area contributed by atoms with Crippen molar-refractivity contribution in [2.75, 3.05) is 0 Å². The van der Waals surface area contributed by atoms with Gasteiger partial charge in [-0.05, 0) is 0 Å². The van der Waals surface area contributed by atoms with Crippen molar-refractivity contribution in [3.05, 3.63) is 12.7 Å². The smallest absolute Gasteiger partial charge is 0.480 e. The first kappa shape index (κ1) is 14.2. The monoisotopic (exact) mass is 304 g/mol. The molecule has 0 fully saturated rings. The molecule has 1 unspecified atom stereocenters. The van der Waals surface area contributed by atoms with E-state index in [4.69, 9.17) is 9.66 Å². The van der Waals surface area contributed by atoms with Gasteiger partial charge in [0.15, 0.2) is 0 Å². The molecule has 0 aromatic rings. The van der Waals surface area contributed by atoms with E-state index in [0.717, 1.165) is 0 Å². The zero-order valence-electron chi connectivity index (χ0n) is 5.60. The molecule has 0 aromatic heterocycles. The minimum absolute atomic E-state index is 0. The summed E-state index contributed by atoms with van der Waals surface area (Å²) in [6.45, 7) is 2.93. The van der Waals surface area contributed by atoms with Crippen molar-refractivity contribution >= 4 is 65.0 Å². The molecule has 0 rings (SSSR count). The number of carbonyl (C=O) groups is 1. The summed E-state index contributed by atoms with van der Waals surface area (Å²) in [5.74, 6) is -1.64. The number of rotatable bonds is 3. The Morgan fingerprint density at radius 2 is 1.91 bits per heavy atom. The van der Waals surface area contributed by atoms with E-state index in [1.807, 2.05) is 0 Å². The van der Waals surface area contributed by atoms with Crippen molar-refractivity contribution < 1.29 is 22.9 Å². The van der Waals surface area contributed by atoms with Gasteiger partial charge in [0, 0.05) is 0 Å². The van der Waals surface area contributed by atoms with E-state index in [1.54, 1.807) is 0 Å². The maximum absolute atomic E-state index is 10.1. The molecule has 0 aliphatic rings. The van der Waals surface area contributed by atoms with Gasteiger partial charge in [0.25, 0.3) is 10.1 Å². The van der Waals surface area contributed by atoms with Crippen LogP contribution in [0.15, 0.2) is 12.7 Å². The fourth-order valence-corrected chi connectivity index (χ4v) is 0.848. The Hall–Kier alpha value is 0.691. The molecule has 0 saturated carbocycles. The summed E-state index contributed by atoms with van der Waals surface area (Å²) in [6, 6.07) is 0. The Morgan fingerprint density at radius 1 is 1.55 bits per heavy atom. The third-order valence-electron chi connectivity index (χ3n) is 0.778. The van der Waals surface area contributed by atoms with Crippen molar-refractivity contribution in [1.29, 1.82) is 0 Å². The molecule has 0 amide bonds. The third kappa shape index (κ3) is 5.01.